The highest BCUT2D eigenvalue weighted by Gasteiger charge is 2.37. The summed E-state index contributed by atoms with van der Waals surface area (Å²) in [6.45, 7) is 0. The fourth-order valence-corrected chi connectivity index (χ4v) is 1.64. The van der Waals surface area contributed by atoms with Crippen LogP contribution >= 0.6 is 0 Å². The maximum atomic E-state index is 12.8. The molecule has 0 heterocycles. The molecule has 5 nitrogen and oxygen atoms in total. The lowest BCUT2D eigenvalue weighted by Gasteiger charge is -2.22. The van der Waals surface area contributed by atoms with Crippen molar-refractivity contribution in [1.29, 1.82) is 0 Å². The minimum atomic E-state index is -4.77. The van der Waals surface area contributed by atoms with Gasteiger partial charge in [0.1, 0.15) is 6.10 Å². The van der Waals surface area contributed by atoms with Gasteiger partial charge in [0.15, 0.2) is 0 Å². The SMILES string of the molecule is Nc1cccc(C(F)(F)F)c1C(O)C(O)CC(=O)O. The third-order valence-corrected chi connectivity index (χ3v) is 2.49. The van der Waals surface area contributed by atoms with Crippen LogP contribution in [0.2, 0.25) is 0 Å². The fraction of sp³-hybridized carbons (Fsp3) is 0.364. The number of aliphatic hydroxyl groups excluding tert-OH is 2. The lowest BCUT2D eigenvalue weighted by molar-refractivity contribution is -0.142. The number of nitrogen functional groups attached to an aromatic ring is 1. The van der Waals surface area contributed by atoms with Gasteiger partial charge in [-0.3, -0.25) is 4.79 Å². The van der Waals surface area contributed by atoms with E-state index in [1.165, 1.54) is 0 Å². The zero-order valence-electron chi connectivity index (χ0n) is 9.55. The lowest BCUT2D eigenvalue weighted by Crippen LogP contribution is -2.25. The monoisotopic (exact) mass is 279 g/mol. The summed E-state index contributed by atoms with van der Waals surface area (Å²) in [4.78, 5) is 10.4. The number of hydrogen-bond acceptors (Lipinski definition) is 4. The van der Waals surface area contributed by atoms with Crippen molar-refractivity contribution in [2.45, 2.75) is 24.8 Å². The van der Waals surface area contributed by atoms with Crippen LogP contribution in [0.4, 0.5) is 18.9 Å². The number of alkyl halides is 3. The van der Waals surface area contributed by atoms with E-state index < -0.39 is 41.9 Å². The summed E-state index contributed by atoms with van der Waals surface area (Å²) in [5.74, 6) is -1.45. The molecule has 0 saturated carbocycles. The van der Waals surface area contributed by atoms with Gasteiger partial charge in [0.05, 0.1) is 18.1 Å². The van der Waals surface area contributed by atoms with E-state index in [0.29, 0.717) is 6.07 Å². The Kier molecular flexibility index (Phi) is 4.38. The van der Waals surface area contributed by atoms with Crippen molar-refractivity contribution < 1.29 is 33.3 Å². The van der Waals surface area contributed by atoms with Gasteiger partial charge in [0.25, 0.3) is 0 Å². The summed E-state index contributed by atoms with van der Waals surface area (Å²) in [5.41, 5.74) is 3.08. The second-order valence-corrected chi connectivity index (χ2v) is 3.92. The fourth-order valence-electron chi connectivity index (χ4n) is 1.64. The average Bonchev–Trinajstić information content (AvgIpc) is 2.25. The van der Waals surface area contributed by atoms with E-state index in [0.717, 1.165) is 12.1 Å². The molecule has 0 saturated heterocycles. The molecule has 0 aliphatic carbocycles. The maximum Gasteiger partial charge on any atom is 0.416 e. The molecule has 2 atom stereocenters. The number of rotatable bonds is 4. The number of carboxylic acid groups (broad SMARTS) is 1. The van der Waals surface area contributed by atoms with Gasteiger partial charge in [-0.05, 0) is 12.1 Å². The van der Waals surface area contributed by atoms with E-state index in [1.807, 2.05) is 0 Å². The Balaban J connectivity index is 3.22. The Morgan fingerprint density at radius 3 is 2.37 bits per heavy atom. The van der Waals surface area contributed by atoms with Gasteiger partial charge in [-0.2, -0.15) is 13.2 Å². The van der Waals surface area contributed by atoms with Gasteiger partial charge in [-0.25, -0.2) is 0 Å². The highest BCUT2D eigenvalue weighted by molar-refractivity contribution is 5.67. The number of hydrogen-bond donors (Lipinski definition) is 4. The molecule has 0 aromatic heterocycles. The molecule has 19 heavy (non-hydrogen) atoms. The molecule has 0 radical (unpaired) electrons. The van der Waals surface area contributed by atoms with E-state index in [2.05, 4.69) is 0 Å². The van der Waals surface area contributed by atoms with Crippen molar-refractivity contribution in [3.05, 3.63) is 29.3 Å². The average molecular weight is 279 g/mol. The van der Waals surface area contributed by atoms with Crippen LogP contribution in [0.25, 0.3) is 0 Å². The number of anilines is 1. The molecule has 2 unspecified atom stereocenters. The summed E-state index contributed by atoms with van der Waals surface area (Å²) < 4.78 is 38.3. The zero-order chi connectivity index (χ0) is 14.8. The molecule has 0 aliphatic rings. The van der Waals surface area contributed by atoms with Gasteiger partial charge in [-0.15, -0.1) is 0 Å². The molecule has 0 amide bonds. The van der Waals surface area contributed by atoms with E-state index in [4.69, 9.17) is 10.8 Å². The molecule has 1 aromatic carbocycles. The molecular formula is C11H12F3NO4. The van der Waals surface area contributed by atoms with Gasteiger partial charge >= 0.3 is 12.1 Å². The number of aliphatic hydroxyl groups is 2. The van der Waals surface area contributed by atoms with Crippen molar-refractivity contribution in [1.82, 2.24) is 0 Å². The maximum absolute atomic E-state index is 12.8. The van der Waals surface area contributed by atoms with Crippen LogP contribution in [0.15, 0.2) is 18.2 Å². The van der Waals surface area contributed by atoms with Crippen molar-refractivity contribution >= 4 is 11.7 Å². The van der Waals surface area contributed by atoms with E-state index in [1.54, 1.807) is 0 Å². The predicted molar refractivity (Wildman–Crippen MR) is 59.1 cm³/mol. The third-order valence-electron chi connectivity index (χ3n) is 2.49. The topological polar surface area (TPSA) is 104 Å². The molecule has 0 fully saturated rings. The first-order valence-corrected chi connectivity index (χ1v) is 5.18. The first-order valence-electron chi connectivity index (χ1n) is 5.18. The van der Waals surface area contributed by atoms with Crippen molar-refractivity contribution in [3.8, 4) is 0 Å². The number of nitrogens with two attached hydrogens (primary N) is 1. The van der Waals surface area contributed by atoms with Crippen molar-refractivity contribution in [2.24, 2.45) is 0 Å². The summed E-state index contributed by atoms with van der Waals surface area (Å²) in [7, 11) is 0. The van der Waals surface area contributed by atoms with Crippen molar-refractivity contribution in [2.75, 3.05) is 5.73 Å². The molecule has 5 N–H and O–H groups in total. The van der Waals surface area contributed by atoms with E-state index in [9.17, 15) is 28.2 Å². The Morgan fingerprint density at radius 1 is 1.32 bits per heavy atom. The molecule has 106 valence electrons. The van der Waals surface area contributed by atoms with Crippen LogP contribution in [0.3, 0.4) is 0 Å². The van der Waals surface area contributed by atoms with E-state index in [-0.39, 0.29) is 5.69 Å². The highest BCUT2D eigenvalue weighted by Crippen LogP contribution is 2.38. The number of benzene rings is 1. The Labute approximate surface area is 106 Å². The minimum Gasteiger partial charge on any atom is -0.481 e. The normalized spacial score (nSPS) is 15.0. The van der Waals surface area contributed by atoms with Gasteiger partial charge in [0.2, 0.25) is 0 Å². The van der Waals surface area contributed by atoms with Crippen LogP contribution < -0.4 is 5.73 Å². The number of halogens is 3. The standard InChI is InChI=1S/C11H12F3NO4/c12-11(13,14)5-2-1-3-6(15)9(5)10(19)7(16)4-8(17)18/h1-3,7,10,16,19H,4,15H2,(H,17,18). The number of carboxylic acids is 1. The summed E-state index contributed by atoms with van der Waals surface area (Å²) in [6.07, 6.45) is -9.58. The number of carbonyl (C=O) groups is 1. The van der Waals surface area contributed by atoms with Crippen LogP contribution in [0.5, 0.6) is 0 Å². The van der Waals surface area contributed by atoms with Crippen molar-refractivity contribution in [3.63, 3.8) is 0 Å². The predicted octanol–water partition coefficient (Wildman–Crippen LogP) is 1.16. The van der Waals surface area contributed by atoms with Crippen LogP contribution in [-0.4, -0.2) is 27.4 Å². The van der Waals surface area contributed by atoms with Crippen LogP contribution in [0.1, 0.15) is 23.7 Å². The lowest BCUT2D eigenvalue weighted by atomic mass is 9.95. The molecular weight excluding hydrogens is 267 g/mol. The summed E-state index contributed by atoms with van der Waals surface area (Å²) >= 11 is 0. The largest absolute Gasteiger partial charge is 0.481 e. The summed E-state index contributed by atoms with van der Waals surface area (Å²) in [5, 5.41) is 27.5. The highest BCUT2D eigenvalue weighted by atomic mass is 19.4. The smallest absolute Gasteiger partial charge is 0.416 e. The minimum absolute atomic E-state index is 0.369. The number of aliphatic carboxylic acids is 1. The quantitative estimate of drug-likeness (QED) is 0.619. The first kappa shape index (κ1) is 15.3. The van der Waals surface area contributed by atoms with Gasteiger partial charge < -0.3 is 21.1 Å². The van der Waals surface area contributed by atoms with Gasteiger partial charge in [-0.1, -0.05) is 6.07 Å². The first-order chi connectivity index (χ1) is 8.64. The second-order valence-electron chi connectivity index (χ2n) is 3.92. The summed E-state index contributed by atoms with van der Waals surface area (Å²) in [6, 6.07) is 2.88. The van der Waals surface area contributed by atoms with Crippen LogP contribution in [-0.2, 0) is 11.0 Å². The molecule has 1 rings (SSSR count). The molecule has 1 aromatic rings. The Hall–Kier alpha value is -1.80. The molecule has 8 heteroatoms. The van der Waals surface area contributed by atoms with Crippen LogP contribution in [0, 0.1) is 0 Å². The molecule has 0 bridgehead atoms. The molecule has 0 aliphatic heterocycles. The Bertz CT molecular complexity index is 475. The van der Waals surface area contributed by atoms with E-state index >= 15 is 0 Å². The zero-order valence-corrected chi connectivity index (χ0v) is 9.55. The molecule has 0 spiro atoms. The second kappa shape index (κ2) is 5.45. The van der Waals surface area contributed by atoms with Gasteiger partial charge in [0, 0.05) is 11.3 Å². The third kappa shape index (κ3) is 3.58. The Morgan fingerprint density at radius 2 is 1.89 bits per heavy atom.